The molecule has 2 rings (SSSR count). The first-order valence-electron chi connectivity index (χ1n) is 7.63. The molecule has 0 heterocycles. The molecule has 1 aromatic carbocycles. The molecule has 1 aliphatic carbocycles. The zero-order valence-electron chi connectivity index (χ0n) is 12.6. The second-order valence-electron chi connectivity index (χ2n) is 5.55. The summed E-state index contributed by atoms with van der Waals surface area (Å²) in [5.41, 5.74) is 4.33. The third-order valence-electron chi connectivity index (χ3n) is 4.03. The summed E-state index contributed by atoms with van der Waals surface area (Å²) in [6.45, 7) is 2.93. The molecule has 20 heavy (non-hydrogen) atoms. The Morgan fingerprint density at radius 2 is 2.05 bits per heavy atom. The minimum Gasteiger partial charge on any atom is -0.469 e. The van der Waals surface area contributed by atoms with Crippen LogP contribution in [0, 0.1) is 0 Å². The first-order valence-corrected chi connectivity index (χ1v) is 7.63. The molecule has 1 aromatic rings. The summed E-state index contributed by atoms with van der Waals surface area (Å²) in [5.74, 6) is -0.145. The van der Waals surface area contributed by atoms with Gasteiger partial charge in [0.05, 0.1) is 13.5 Å². The Morgan fingerprint density at radius 3 is 2.75 bits per heavy atom. The lowest BCUT2D eigenvalue weighted by molar-refractivity contribution is -0.141. The van der Waals surface area contributed by atoms with Crippen molar-refractivity contribution in [1.29, 1.82) is 0 Å². The fraction of sp³-hybridized carbons (Fsp3) is 0.588. The third-order valence-corrected chi connectivity index (χ3v) is 4.03. The summed E-state index contributed by atoms with van der Waals surface area (Å²) in [6.07, 6.45) is 6.35. The average Bonchev–Trinajstić information content (AvgIpc) is 2.47. The van der Waals surface area contributed by atoms with Gasteiger partial charge in [-0.1, -0.05) is 25.1 Å². The fourth-order valence-electron chi connectivity index (χ4n) is 2.99. The molecule has 110 valence electrons. The van der Waals surface area contributed by atoms with E-state index in [0.29, 0.717) is 6.42 Å². The van der Waals surface area contributed by atoms with Crippen molar-refractivity contribution in [3.63, 3.8) is 0 Å². The Labute approximate surface area is 121 Å². The number of carbonyl (C=O) groups excluding carboxylic acids is 1. The third kappa shape index (κ3) is 4.07. The first-order chi connectivity index (χ1) is 9.72. The standard InChI is InChI=1S/C17H25NO2/c1-3-18-16(12-17(19)20-2)11-13-8-9-14-6-4-5-7-15(14)10-13/h8-10,16,18H,3-7,11-12H2,1-2H3. The highest BCUT2D eigenvalue weighted by Crippen LogP contribution is 2.23. The van der Waals surface area contributed by atoms with Gasteiger partial charge in [0.2, 0.25) is 0 Å². The van der Waals surface area contributed by atoms with E-state index in [1.807, 2.05) is 0 Å². The molecule has 1 unspecified atom stereocenters. The van der Waals surface area contributed by atoms with Crippen LogP contribution in [-0.2, 0) is 28.8 Å². The van der Waals surface area contributed by atoms with Gasteiger partial charge >= 0.3 is 5.97 Å². The largest absolute Gasteiger partial charge is 0.469 e. The van der Waals surface area contributed by atoms with Crippen molar-refractivity contribution < 1.29 is 9.53 Å². The van der Waals surface area contributed by atoms with Crippen molar-refractivity contribution in [2.75, 3.05) is 13.7 Å². The lowest BCUT2D eigenvalue weighted by atomic mass is 9.89. The summed E-state index contributed by atoms with van der Waals surface area (Å²) >= 11 is 0. The SMILES string of the molecule is CCNC(CC(=O)OC)Cc1ccc2c(c1)CCCC2. The molecule has 0 amide bonds. The molecule has 0 spiro atoms. The molecule has 0 radical (unpaired) electrons. The highest BCUT2D eigenvalue weighted by Gasteiger charge is 2.15. The van der Waals surface area contributed by atoms with Gasteiger partial charge < -0.3 is 10.1 Å². The number of esters is 1. The zero-order valence-corrected chi connectivity index (χ0v) is 12.6. The lowest BCUT2D eigenvalue weighted by Gasteiger charge is -2.20. The number of ether oxygens (including phenoxy) is 1. The number of carbonyl (C=O) groups is 1. The highest BCUT2D eigenvalue weighted by atomic mass is 16.5. The molecule has 1 atom stereocenters. The van der Waals surface area contributed by atoms with Gasteiger partial charge in [0, 0.05) is 6.04 Å². The maximum atomic E-state index is 11.5. The van der Waals surface area contributed by atoms with Crippen LogP contribution in [0.15, 0.2) is 18.2 Å². The number of aryl methyl sites for hydroxylation is 2. The minimum atomic E-state index is -0.145. The molecule has 1 aliphatic rings. The predicted octanol–water partition coefficient (Wildman–Crippen LogP) is 2.65. The normalized spacial score (nSPS) is 15.5. The number of hydrogen-bond donors (Lipinski definition) is 1. The Balaban J connectivity index is 2.03. The number of fused-ring (bicyclic) bond motifs is 1. The van der Waals surface area contributed by atoms with Gasteiger partial charge in [-0.05, 0) is 55.3 Å². The number of benzene rings is 1. The number of likely N-dealkylation sites (N-methyl/N-ethyl adjacent to an activating group) is 1. The fourth-order valence-corrected chi connectivity index (χ4v) is 2.99. The first kappa shape index (κ1) is 15.0. The van der Waals surface area contributed by atoms with Crippen LogP contribution in [0.3, 0.4) is 0 Å². The van der Waals surface area contributed by atoms with Crippen molar-refractivity contribution in [2.24, 2.45) is 0 Å². The van der Waals surface area contributed by atoms with Crippen LogP contribution >= 0.6 is 0 Å². The van der Waals surface area contributed by atoms with Gasteiger partial charge in [-0.25, -0.2) is 0 Å². The van der Waals surface area contributed by atoms with E-state index in [2.05, 4.69) is 30.4 Å². The van der Waals surface area contributed by atoms with Gasteiger partial charge in [0.25, 0.3) is 0 Å². The van der Waals surface area contributed by atoms with Gasteiger partial charge in [-0.15, -0.1) is 0 Å². The van der Waals surface area contributed by atoms with Crippen LogP contribution in [0.4, 0.5) is 0 Å². The van der Waals surface area contributed by atoms with E-state index in [0.717, 1.165) is 13.0 Å². The number of hydrogen-bond acceptors (Lipinski definition) is 3. The topological polar surface area (TPSA) is 38.3 Å². The van der Waals surface area contributed by atoms with E-state index in [-0.39, 0.29) is 12.0 Å². The monoisotopic (exact) mass is 275 g/mol. The Hall–Kier alpha value is -1.35. The van der Waals surface area contributed by atoms with Gasteiger partial charge in [0.15, 0.2) is 0 Å². The Bertz CT molecular complexity index is 456. The minimum absolute atomic E-state index is 0.145. The number of methoxy groups -OCH3 is 1. The molecule has 0 saturated carbocycles. The van der Waals surface area contributed by atoms with Crippen LogP contribution in [0.1, 0.15) is 42.9 Å². The second kappa shape index (κ2) is 7.44. The van der Waals surface area contributed by atoms with Gasteiger partial charge in [-0.3, -0.25) is 4.79 Å². The van der Waals surface area contributed by atoms with Crippen LogP contribution < -0.4 is 5.32 Å². The van der Waals surface area contributed by atoms with Crippen LogP contribution in [0.5, 0.6) is 0 Å². The molecule has 3 nitrogen and oxygen atoms in total. The summed E-state index contributed by atoms with van der Waals surface area (Å²) in [5, 5.41) is 3.38. The van der Waals surface area contributed by atoms with E-state index in [4.69, 9.17) is 4.74 Å². The van der Waals surface area contributed by atoms with Crippen molar-refractivity contribution in [1.82, 2.24) is 5.32 Å². The van der Waals surface area contributed by atoms with Crippen molar-refractivity contribution in [3.8, 4) is 0 Å². The molecule has 0 aromatic heterocycles. The molecule has 0 aliphatic heterocycles. The van der Waals surface area contributed by atoms with Crippen LogP contribution in [0.25, 0.3) is 0 Å². The predicted molar refractivity (Wildman–Crippen MR) is 80.9 cm³/mol. The van der Waals surface area contributed by atoms with Crippen LogP contribution in [0.2, 0.25) is 0 Å². The summed E-state index contributed by atoms with van der Waals surface area (Å²) < 4.78 is 4.78. The van der Waals surface area contributed by atoms with Crippen molar-refractivity contribution in [3.05, 3.63) is 34.9 Å². The van der Waals surface area contributed by atoms with Crippen molar-refractivity contribution >= 4 is 5.97 Å². The molecular formula is C17H25NO2. The van der Waals surface area contributed by atoms with E-state index < -0.39 is 0 Å². The molecule has 0 bridgehead atoms. The maximum Gasteiger partial charge on any atom is 0.307 e. The van der Waals surface area contributed by atoms with E-state index in [1.165, 1.54) is 49.5 Å². The van der Waals surface area contributed by atoms with Crippen LogP contribution in [-0.4, -0.2) is 25.7 Å². The Kier molecular flexibility index (Phi) is 5.60. The van der Waals surface area contributed by atoms with Gasteiger partial charge in [-0.2, -0.15) is 0 Å². The summed E-state index contributed by atoms with van der Waals surface area (Å²) in [6, 6.07) is 6.97. The second-order valence-corrected chi connectivity index (χ2v) is 5.55. The van der Waals surface area contributed by atoms with E-state index >= 15 is 0 Å². The zero-order chi connectivity index (χ0) is 14.4. The summed E-state index contributed by atoms with van der Waals surface area (Å²) in [4.78, 5) is 11.5. The smallest absolute Gasteiger partial charge is 0.307 e. The quantitative estimate of drug-likeness (QED) is 0.811. The molecule has 3 heteroatoms. The van der Waals surface area contributed by atoms with Crippen molar-refractivity contribution in [2.45, 2.75) is 51.5 Å². The molecule has 1 N–H and O–H groups in total. The number of nitrogens with one attached hydrogen (secondary N) is 1. The maximum absolute atomic E-state index is 11.5. The van der Waals surface area contributed by atoms with E-state index in [1.54, 1.807) is 0 Å². The Morgan fingerprint density at radius 1 is 1.30 bits per heavy atom. The molecule has 0 saturated heterocycles. The summed E-state index contributed by atoms with van der Waals surface area (Å²) in [7, 11) is 1.45. The average molecular weight is 275 g/mol. The van der Waals surface area contributed by atoms with E-state index in [9.17, 15) is 4.79 Å². The van der Waals surface area contributed by atoms with Gasteiger partial charge in [0.1, 0.15) is 0 Å². The lowest BCUT2D eigenvalue weighted by Crippen LogP contribution is -2.33. The molecule has 0 fully saturated rings. The number of rotatable bonds is 6. The molecular weight excluding hydrogens is 250 g/mol. The highest BCUT2D eigenvalue weighted by molar-refractivity contribution is 5.70.